The van der Waals surface area contributed by atoms with Gasteiger partial charge in [0.2, 0.25) is 5.91 Å². The van der Waals surface area contributed by atoms with Crippen LogP contribution in [-0.2, 0) is 17.8 Å². The summed E-state index contributed by atoms with van der Waals surface area (Å²) in [5, 5.41) is 4.02. The van der Waals surface area contributed by atoms with Gasteiger partial charge in [-0.1, -0.05) is 12.1 Å². The lowest BCUT2D eigenvalue weighted by atomic mass is 10.2. The van der Waals surface area contributed by atoms with Gasteiger partial charge in [0, 0.05) is 31.9 Å². The van der Waals surface area contributed by atoms with E-state index in [-0.39, 0.29) is 5.91 Å². The summed E-state index contributed by atoms with van der Waals surface area (Å²) in [4.78, 5) is 22.6. The van der Waals surface area contributed by atoms with E-state index in [1.165, 1.54) is 4.70 Å². The van der Waals surface area contributed by atoms with Gasteiger partial charge < -0.3 is 5.32 Å². The van der Waals surface area contributed by atoms with Crippen molar-refractivity contribution in [3.05, 3.63) is 59.4 Å². The van der Waals surface area contributed by atoms with Gasteiger partial charge >= 0.3 is 0 Å². The van der Waals surface area contributed by atoms with Crippen molar-refractivity contribution in [2.75, 3.05) is 20.1 Å². The summed E-state index contributed by atoms with van der Waals surface area (Å²) in [5.74, 6) is 0.0349. The van der Waals surface area contributed by atoms with Gasteiger partial charge in [-0.3, -0.25) is 14.7 Å². The number of likely N-dealkylation sites (N-methyl/N-ethyl adjacent to an activating group) is 1. The van der Waals surface area contributed by atoms with Gasteiger partial charge in [-0.25, -0.2) is 4.98 Å². The molecule has 1 aromatic carbocycles. The third-order valence-corrected chi connectivity index (χ3v) is 4.71. The Morgan fingerprint density at radius 1 is 1.21 bits per heavy atom. The monoisotopic (exact) mass is 340 g/mol. The van der Waals surface area contributed by atoms with Gasteiger partial charge in [0.15, 0.2) is 0 Å². The molecule has 0 radical (unpaired) electrons. The van der Waals surface area contributed by atoms with Gasteiger partial charge in [-0.2, -0.15) is 0 Å². The number of rotatable bonds is 7. The van der Waals surface area contributed by atoms with Crippen LogP contribution in [0.3, 0.4) is 0 Å². The number of amides is 1. The smallest absolute Gasteiger partial charge is 0.234 e. The average molecular weight is 340 g/mol. The first kappa shape index (κ1) is 16.5. The SMILES string of the molecule is CN(CC(=O)NCCc1nc2ccccc2s1)Cc1ccncc1. The summed E-state index contributed by atoms with van der Waals surface area (Å²) in [6.45, 7) is 1.72. The molecule has 0 atom stereocenters. The summed E-state index contributed by atoms with van der Waals surface area (Å²) >= 11 is 1.69. The Morgan fingerprint density at radius 3 is 2.79 bits per heavy atom. The van der Waals surface area contributed by atoms with E-state index in [1.807, 2.05) is 42.3 Å². The molecular weight excluding hydrogens is 320 g/mol. The van der Waals surface area contributed by atoms with Gasteiger partial charge in [-0.05, 0) is 36.9 Å². The Hall–Kier alpha value is -2.31. The van der Waals surface area contributed by atoms with Crippen LogP contribution in [0, 0.1) is 0 Å². The molecule has 0 spiro atoms. The van der Waals surface area contributed by atoms with E-state index in [0.29, 0.717) is 13.1 Å². The molecule has 0 saturated carbocycles. The van der Waals surface area contributed by atoms with E-state index in [4.69, 9.17) is 0 Å². The topological polar surface area (TPSA) is 58.1 Å². The Balaban J connectivity index is 1.42. The van der Waals surface area contributed by atoms with Crippen LogP contribution in [0.5, 0.6) is 0 Å². The number of nitrogens with zero attached hydrogens (tertiary/aromatic N) is 3. The third kappa shape index (κ3) is 4.59. The lowest BCUT2D eigenvalue weighted by molar-refractivity contribution is -0.122. The first-order valence-corrected chi connectivity index (χ1v) is 8.71. The Labute approximate surface area is 145 Å². The summed E-state index contributed by atoms with van der Waals surface area (Å²) in [6, 6.07) is 12.0. The van der Waals surface area contributed by atoms with Crippen molar-refractivity contribution in [3.8, 4) is 0 Å². The quantitative estimate of drug-likeness (QED) is 0.718. The van der Waals surface area contributed by atoms with Gasteiger partial charge in [-0.15, -0.1) is 11.3 Å². The second-order valence-electron chi connectivity index (χ2n) is 5.70. The van der Waals surface area contributed by atoms with Crippen LogP contribution in [0.1, 0.15) is 10.6 Å². The van der Waals surface area contributed by atoms with Gasteiger partial charge in [0.05, 0.1) is 21.8 Å². The van der Waals surface area contributed by atoms with E-state index >= 15 is 0 Å². The van der Waals surface area contributed by atoms with Crippen molar-refractivity contribution in [1.29, 1.82) is 0 Å². The zero-order chi connectivity index (χ0) is 16.8. The number of hydrogen-bond acceptors (Lipinski definition) is 5. The maximum absolute atomic E-state index is 12.0. The van der Waals surface area contributed by atoms with Crippen LogP contribution in [0.4, 0.5) is 0 Å². The number of aromatic nitrogens is 2. The molecule has 124 valence electrons. The van der Waals surface area contributed by atoms with Crippen molar-refractivity contribution in [2.45, 2.75) is 13.0 Å². The highest BCUT2D eigenvalue weighted by atomic mass is 32.1. The molecule has 24 heavy (non-hydrogen) atoms. The molecular formula is C18H20N4OS. The van der Waals surface area contributed by atoms with Crippen LogP contribution in [-0.4, -0.2) is 40.9 Å². The largest absolute Gasteiger partial charge is 0.355 e. The van der Waals surface area contributed by atoms with E-state index in [1.54, 1.807) is 23.7 Å². The van der Waals surface area contributed by atoms with E-state index in [9.17, 15) is 4.79 Å². The number of fused-ring (bicyclic) bond motifs is 1. The normalized spacial score (nSPS) is 11.1. The summed E-state index contributed by atoms with van der Waals surface area (Å²) < 4.78 is 1.19. The molecule has 2 heterocycles. The minimum absolute atomic E-state index is 0.0349. The lowest BCUT2D eigenvalue weighted by Gasteiger charge is -2.16. The van der Waals surface area contributed by atoms with Crippen LogP contribution in [0.15, 0.2) is 48.8 Å². The fraction of sp³-hybridized carbons (Fsp3) is 0.278. The molecule has 2 aromatic heterocycles. The average Bonchev–Trinajstić information content (AvgIpc) is 2.98. The van der Waals surface area contributed by atoms with E-state index < -0.39 is 0 Å². The van der Waals surface area contributed by atoms with Gasteiger partial charge in [0.25, 0.3) is 0 Å². The van der Waals surface area contributed by atoms with E-state index in [0.717, 1.165) is 29.1 Å². The number of hydrogen-bond donors (Lipinski definition) is 1. The lowest BCUT2D eigenvalue weighted by Crippen LogP contribution is -2.35. The minimum Gasteiger partial charge on any atom is -0.355 e. The number of carbonyl (C=O) groups excluding carboxylic acids is 1. The Bertz CT molecular complexity index is 770. The van der Waals surface area contributed by atoms with Gasteiger partial charge in [0.1, 0.15) is 0 Å². The number of thiazole rings is 1. The molecule has 0 bridgehead atoms. The first-order chi connectivity index (χ1) is 11.7. The number of carbonyl (C=O) groups is 1. The maximum Gasteiger partial charge on any atom is 0.234 e. The minimum atomic E-state index is 0.0349. The highest BCUT2D eigenvalue weighted by Gasteiger charge is 2.08. The maximum atomic E-state index is 12.0. The number of para-hydroxylation sites is 1. The highest BCUT2D eigenvalue weighted by molar-refractivity contribution is 7.18. The molecule has 0 saturated heterocycles. The van der Waals surface area contributed by atoms with Crippen molar-refractivity contribution in [1.82, 2.24) is 20.2 Å². The Morgan fingerprint density at radius 2 is 2.00 bits per heavy atom. The van der Waals surface area contributed by atoms with Crippen molar-refractivity contribution >= 4 is 27.5 Å². The standard InChI is InChI=1S/C18H20N4OS/c1-22(12-14-6-9-19-10-7-14)13-17(23)20-11-8-18-21-15-4-2-3-5-16(15)24-18/h2-7,9-10H,8,11-13H2,1H3,(H,20,23). The molecule has 3 aromatic rings. The molecule has 0 fully saturated rings. The summed E-state index contributed by atoms with van der Waals surface area (Å²) in [5.41, 5.74) is 2.18. The predicted molar refractivity (Wildman–Crippen MR) is 96.9 cm³/mol. The summed E-state index contributed by atoms with van der Waals surface area (Å²) in [6.07, 6.45) is 4.29. The van der Waals surface area contributed by atoms with Crippen molar-refractivity contribution < 1.29 is 4.79 Å². The number of nitrogens with one attached hydrogen (secondary N) is 1. The first-order valence-electron chi connectivity index (χ1n) is 7.89. The van der Waals surface area contributed by atoms with Crippen LogP contribution in [0.2, 0.25) is 0 Å². The highest BCUT2D eigenvalue weighted by Crippen LogP contribution is 2.21. The fourth-order valence-corrected chi connectivity index (χ4v) is 3.46. The molecule has 1 N–H and O–H groups in total. The molecule has 0 aliphatic rings. The van der Waals surface area contributed by atoms with E-state index in [2.05, 4.69) is 21.4 Å². The Kier molecular flexibility index (Phi) is 5.51. The second kappa shape index (κ2) is 7.99. The fourth-order valence-electron chi connectivity index (χ4n) is 2.49. The molecule has 3 rings (SSSR count). The van der Waals surface area contributed by atoms with Crippen molar-refractivity contribution in [2.24, 2.45) is 0 Å². The van der Waals surface area contributed by atoms with Crippen LogP contribution in [0.25, 0.3) is 10.2 Å². The molecule has 0 aliphatic carbocycles. The molecule has 5 nitrogen and oxygen atoms in total. The van der Waals surface area contributed by atoms with Crippen LogP contribution >= 0.6 is 11.3 Å². The number of pyridine rings is 1. The zero-order valence-electron chi connectivity index (χ0n) is 13.6. The summed E-state index contributed by atoms with van der Waals surface area (Å²) in [7, 11) is 1.94. The molecule has 1 amide bonds. The predicted octanol–water partition coefficient (Wildman–Crippen LogP) is 2.48. The zero-order valence-corrected chi connectivity index (χ0v) is 14.4. The molecule has 0 aliphatic heterocycles. The number of benzene rings is 1. The second-order valence-corrected chi connectivity index (χ2v) is 6.82. The van der Waals surface area contributed by atoms with Crippen molar-refractivity contribution in [3.63, 3.8) is 0 Å². The molecule has 6 heteroatoms. The van der Waals surface area contributed by atoms with Crippen LogP contribution < -0.4 is 5.32 Å². The third-order valence-electron chi connectivity index (χ3n) is 3.61. The molecule has 0 unspecified atom stereocenters.